The van der Waals surface area contributed by atoms with Crippen molar-refractivity contribution in [1.82, 2.24) is 0 Å². The van der Waals surface area contributed by atoms with Crippen LogP contribution in [0.5, 0.6) is 5.75 Å². The average Bonchev–Trinajstić information content (AvgIpc) is 2.25. The Kier molecular flexibility index (Phi) is 5.40. The topological polar surface area (TPSA) is 26.3 Å². The summed E-state index contributed by atoms with van der Waals surface area (Å²) in [5, 5.41) is 0. The predicted molar refractivity (Wildman–Crippen MR) is 64.2 cm³/mol. The molecule has 0 fully saturated rings. The van der Waals surface area contributed by atoms with Crippen molar-refractivity contribution in [3.05, 3.63) is 28.7 Å². The summed E-state index contributed by atoms with van der Waals surface area (Å²) in [6.07, 6.45) is 2.61. The molecule has 0 saturated carbocycles. The molecule has 0 N–H and O–H groups in total. The van der Waals surface area contributed by atoms with Gasteiger partial charge in [-0.15, -0.1) is 0 Å². The van der Waals surface area contributed by atoms with Gasteiger partial charge in [-0.3, -0.25) is 4.79 Å². The largest absolute Gasteiger partial charge is 0.486 e. The van der Waals surface area contributed by atoms with Crippen molar-refractivity contribution in [2.75, 3.05) is 6.61 Å². The lowest BCUT2D eigenvalue weighted by Gasteiger charge is -2.04. The van der Waals surface area contributed by atoms with Crippen molar-refractivity contribution < 1.29 is 9.53 Å². The lowest BCUT2D eigenvalue weighted by atomic mass is 10.2. The van der Waals surface area contributed by atoms with Crippen molar-refractivity contribution >= 4 is 21.7 Å². The lowest BCUT2D eigenvalue weighted by molar-refractivity contribution is -0.121. The van der Waals surface area contributed by atoms with Crippen LogP contribution in [-0.4, -0.2) is 12.4 Å². The molecule has 0 bridgehead atoms. The summed E-state index contributed by atoms with van der Waals surface area (Å²) >= 11 is 3.34. The second kappa shape index (κ2) is 6.62. The first kappa shape index (κ1) is 12.2. The van der Waals surface area contributed by atoms with E-state index >= 15 is 0 Å². The highest BCUT2D eigenvalue weighted by Gasteiger charge is 2.02. The predicted octanol–water partition coefficient (Wildman–Crippen LogP) is 3.59. The van der Waals surface area contributed by atoms with Crippen LogP contribution in [0.15, 0.2) is 28.7 Å². The Morgan fingerprint density at radius 2 is 2.00 bits per heavy atom. The fraction of sp³-hybridized carbons (Fsp3) is 0.417. The molecule has 1 aromatic carbocycles. The van der Waals surface area contributed by atoms with Crippen molar-refractivity contribution in [3.8, 4) is 5.75 Å². The number of Topliss-reactive ketones (excluding diaryl/α,β-unsaturated/α-hetero) is 1. The number of ether oxygens (including phenoxy) is 1. The molecule has 0 unspecified atom stereocenters. The number of carbonyl (C=O) groups is 1. The van der Waals surface area contributed by atoms with Crippen molar-refractivity contribution in [2.24, 2.45) is 0 Å². The molecule has 2 nitrogen and oxygen atoms in total. The molecule has 1 rings (SSSR count). The van der Waals surface area contributed by atoms with E-state index in [1.807, 2.05) is 24.3 Å². The summed E-state index contributed by atoms with van der Waals surface area (Å²) in [6, 6.07) is 7.48. The molecule has 0 aliphatic rings. The van der Waals surface area contributed by atoms with Gasteiger partial charge in [0.05, 0.1) is 0 Å². The molecule has 82 valence electrons. The molecule has 0 aliphatic carbocycles. The van der Waals surface area contributed by atoms with E-state index in [4.69, 9.17) is 4.74 Å². The highest BCUT2D eigenvalue weighted by Crippen LogP contribution is 2.16. The van der Waals surface area contributed by atoms with Crippen LogP contribution in [0.2, 0.25) is 0 Å². The van der Waals surface area contributed by atoms with Crippen molar-refractivity contribution in [3.63, 3.8) is 0 Å². The number of rotatable bonds is 6. The smallest absolute Gasteiger partial charge is 0.170 e. The van der Waals surface area contributed by atoms with Gasteiger partial charge in [-0.2, -0.15) is 0 Å². The van der Waals surface area contributed by atoms with E-state index in [1.165, 1.54) is 0 Å². The fourth-order valence-corrected chi connectivity index (χ4v) is 1.41. The summed E-state index contributed by atoms with van der Waals surface area (Å²) in [6.45, 7) is 2.25. The maximum absolute atomic E-state index is 11.3. The number of hydrogen-bond acceptors (Lipinski definition) is 2. The van der Waals surface area contributed by atoms with Crippen LogP contribution in [0.4, 0.5) is 0 Å². The Hall–Kier alpha value is -0.830. The van der Waals surface area contributed by atoms with Crippen LogP contribution in [-0.2, 0) is 4.79 Å². The van der Waals surface area contributed by atoms with Crippen molar-refractivity contribution in [2.45, 2.75) is 26.2 Å². The highest BCUT2D eigenvalue weighted by molar-refractivity contribution is 9.10. The normalized spacial score (nSPS) is 10.0. The van der Waals surface area contributed by atoms with Gasteiger partial charge in [-0.25, -0.2) is 0 Å². The first-order valence-corrected chi connectivity index (χ1v) is 5.91. The molecule has 0 spiro atoms. The van der Waals surface area contributed by atoms with E-state index in [9.17, 15) is 4.79 Å². The van der Waals surface area contributed by atoms with E-state index < -0.39 is 0 Å². The first-order chi connectivity index (χ1) is 7.22. The summed E-state index contributed by atoms with van der Waals surface area (Å²) in [7, 11) is 0. The number of carbonyl (C=O) groups excluding carboxylic acids is 1. The third-order valence-electron chi connectivity index (χ3n) is 2.02. The van der Waals surface area contributed by atoms with Gasteiger partial charge in [-0.05, 0) is 30.7 Å². The van der Waals surface area contributed by atoms with Crippen LogP contribution in [0.1, 0.15) is 26.2 Å². The van der Waals surface area contributed by atoms with Gasteiger partial charge in [0.2, 0.25) is 0 Å². The maximum atomic E-state index is 11.3. The molecular formula is C12H15BrO2. The molecule has 0 aliphatic heterocycles. The van der Waals surface area contributed by atoms with Gasteiger partial charge in [0.15, 0.2) is 5.78 Å². The van der Waals surface area contributed by atoms with Crippen LogP contribution >= 0.6 is 15.9 Å². The van der Waals surface area contributed by atoms with Gasteiger partial charge < -0.3 is 4.74 Å². The van der Waals surface area contributed by atoms with E-state index in [-0.39, 0.29) is 12.4 Å². The summed E-state index contributed by atoms with van der Waals surface area (Å²) < 4.78 is 6.36. The molecule has 0 atom stereocenters. The molecular weight excluding hydrogens is 256 g/mol. The molecule has 0 saturated heterocycles. The minimum absolute atomic E-state index is 0.166. The molecule has 0 radical (unpaired) electrons. The van der Waals surface area contributed by atoms with E-state index in [0.29, 0.717) is 6.42 Å². The van der Waals surface area contributed by atoms with Gasteiger partial charge in [0.25, 0.3) is 0 Å². The van der Waals surface area contributed by atoms with Crippen molar-refractivity contribution in [1.29, 1.82) is 0 Å². The number of benzene rings is 1. The molecule has 0 aromatic heterocycles. The fourth-order valence-electron chi connectivity index (χ4n) is 1.14. The highest BCUT2D eigenvalue weighted by atomic mass is 79.9. The van der Waals surface area contributed by atoms with Gasteiger partial charge in [0, 0.05) is 10.9 Å². The Morgan fingerprint density at radius 3 is 2.60 bits per heavy atom. The Balaban J connectivity index is 2.30. The zero-order valence-corrected chi connectivity index (χ0v) is 10.4. The van der Waals surface area contributed by atoms with Crippen LogP contribution in [0, 0.1) is 0 Å². The molecule has 15 heavy (non-hydrogen) atoms. The maximum Gasteiger partial charge on any atom is 0.170 e. The van der Waals surface area contributed by atoms with Gasteiger partial charge in [0.1, 0.15) is 12.4 Å². The first-order valence-electron chi connectivity index (χ1n) is 5.12. The van der Waals surface area contributed by atoms with E-state index in [1.54, 1.807) is 0 Å². The minimum Gasteiger partial charge on any atom is -0.486 e. The molecule has 3 heteroatoms. The van der Waals surface area contributed by atoms with E-state index in [0.717, 1.165) is 23.1 Å². The third kappa shape index (κ3) is 4.98. The van der Waals surface area contributed by atoms with Gasteiger partial charge >= 0.3 is 0 Å². The number of halogens is 1. The second-order valence-electron chi connectivity index (χ2n) is 3.38. The van der Waals surface area contributed by atoms with Crippen LogP contribution in [0.3, 0.4) is 0 Å². The standard InChI is InChI=1S/C12H15BrO2/c1-2-3-4-11(14)9-15-12-7-5-10(13)6-8-12/h5-8H,2-4,9H2,1H3. The van der Waals surface area contributed by atoms with Crippen LogP contribution < -0.4 is 4.74 Å². The third-order valence-corrected chi connectivity index (χ3v) is 2.55. The molecule has 1 aromatic rings. The lowest BCUT2D eigenvalue weighted by Crippen LogP contribution is -2.10. The summed E-state index contributed by atoms with van der Waals surface area (Å²) in [5.41, 5.74) is 0. The number of unbranched alkanes of at least 4 members (excludes halogenated alkanes) is 1. The molecule has 0 amide bonds. The quantitative estimate of drug-likeness (QED) is 0.790. The van der Waals surface area contributed by atoms with Crippen LogP contribution in [0.25, 0.3) is 0 Å². The average molecular weight is 271 g/mol. The summed E-state index contributed by atoms with van der Waals surface area (Å²) in [4.78, 5) is 11.3. The monoisotopic (exact) mass is 270 g/mol. The number of hydrogen-bond donors (Lipinski definition) is 0. The summed E-state index contributed by atoms with van der Waals surface area (Å²) in [5.74, 6) is 0.905. The SMILES string of the molecule is CCCCC(=O)COc1ccc(Br)cc1. The van der Waals surface area contributed by atoms with E-state index in [2.05, 4.69) is 22.9 Å². The minimum atomic E-state index is 0.166. The Bertz CT molecular complexity index is 306. The second-order valence-corrected chi connectivity index (χ2v) is 4.30. The molecule has 0 heterocycles. The Labute approximate surface area is 98.8 Å². The Morgan fingerprint density at radius 1 is 1.33 bits per heavy atom. The zero-order valence-electron chi connectivity index (χ0n) is 8.83. The number of ketones is 1. The zero-order chi connectivity index (χ0) is 11.1. The van der Waals surface area contributed by atoms with Gasteiger partial charge in [-0.1, -0.05) is 29.3 Å².